The first kappa shape index (κ1) is 17.7. The summed E-state index contributed by atoms with van der Waals surface area (Å²) in [5.41, 5.74) is 1.07. The molecular formula is C21H23NO2. The highest BCUT2D eigenvalue weighted by Gasteiger charge is 2.22. The number of carbonyl (C=O) groups is 2. The number of imide groups is 1. The van der Waals surface area contributed by atoms with Crippen LogP contribution in [0, 0.1) is 0 Å². The third-order valence-corrected chi connectivity index (χ3v) is 3.69. The number of hydrogen-bond acceptors (Lipinski definition) is 2. The van der Waals surface area contributed by atoms with Gasteiger partial charge in [0.05, 0.1) is 5.69 Å². The van der Waals surface area contributed by atoms with E-state index >= 15 is 0 Å². The lowest BCUT2D eigenvalue weighted by Gasteiger charge is -2.19. The molecule has 124 valence electrons. The third-order valence-electron chi connectivity index (χ3n) is 3.69. The second-order valence-electron chi connectivity index (χ2n) is 5.58. The smallest absolute Gasteiger partial charge is 0.265 e. The summed E-state index contributed by atoms with van der Waals surface area (Å²) in [5.74, 6) is -0.628. The van der Waals surface area contributed by atoms with E-state index in [1.54, 1.807) is 36.4 Å². The minimum Gasteiger partial charge on any atom is -0.269 e. The Kier molecular flexibility index (Phi) is 6.96. The van der Waals surface area contributed by atoms with Crippen molar-refractivity contribution in [2.24, 2.45) is 0 Å². The molecule has 0 unspecified atom stereocenters. The molecule has 0 saturated carbocycles. The van der Waals surface area contributed by atoms with Crippen LogP contribution in [-0.2, 0) is 4.79 Å². The summed E-state index contributed by atoms with van der Waals surface area (Å²) in [4.78, 5) is 26.6. The first-order chi connectivity index (χ1) is 11.7. The number of para-hydroxylation sites is 1. The normalized spacial score (nSPS) is 10.7. The highest BCUT2D eigenvalue weighted by atomic mass is 16.2. The first-order valence-electron chi connectivity index (χ1n) is 8.39. The van der Waals surface area contributed by atoms with Gasteiger partial charge in [-0.15, -0.1) is 0 Å². The van der Waals surface area contributed by atoms with E-state index in [-0.39, 0.29) is 11.8 Å². The Labute approximate surface area is 143 Å². The number of rotatable bonds is 7. The molecule has 0 aliphatic heterocycles. The van der Waals surface area contributed by atoms with Gasteiger partial charge in [0.1, 0.15) is 0 Å². The number of nitrogens with zero attached hydrogens (tertiary/aromatic N) is 1. The van der Waals surface area contributed by atoms with Gasteiger partial charge in [0.2, 0.25) is 0 Å². The Morgan fingerprint density at radius 1 is 0.917 bits per heavy atom. The topological polar surface area (TPSA) is 37.4 Å². The van der Waals surface area contributed by atoms with E-state index < -0.39 is 0 Å². The fourth-order valence-electron chi connectivity index (χ4n) is 2.40. The molecule has 3 heteroatoms. The molecule has 0 fully saturated rings. The summed E-state index contributed by atoms with van der Waals surface area (Å²) >= 11 is 0. The van der Waals surface area contributed by atoms with Crippen molar-refractivity contribution in [1.82, 2.24) is 0 Å². The van der Waals surface area contributed by atoms with E-state index in [1.807, 2.05) is 30.3 Å². The van der Waals surface area contributed by atoms with Crippen molar-refractivity contribution < 1.29 is 9.59 Å². The van der Waals surface area contributed by atoms with E-state index in [2.05, 4.69) is 6.92 Å². The van der Waals surface area contributed by atoms with Gasteiger partial charge in [0.25, 0.3) is 11.8 Å². The van der Waals surface area contributed by atoms with Crippen LogP contribution in [0.1, 0.15) is 43.0 Å². The lowest BCUT2D eigenvalue weighted by Crippen LogP contribution is -2.35. The number of allylic oxidation sites excluding steroid dienone is 1. The molecule has 2 aromatic carbocycles. The van der Waals surface area contributed by atoms with Gasteiger partial charge in [-0.25, -0.2) is 4.90 Å². The Hall–Kier alpha value is -2.68. The van der Waals surface area contributed by atoms with Gasteiger partial charge in [-0.2, -0.15) is 0 Å². The maximum absolute atomic E-state index is 12.8. The number of anilines is 1. The van der Waals surface area contributed by atoms with Gasteiger partial charge in [-0.3, -0.25) is 9.59 Å². The largest absolute Gasteiger partial charge is 0.269 e. The average molecular weight is 321 g/mol. The monoisotopic (exact) mass is 321 g/mol. The van der Waals surface area contributed by atoms with Crippen LogP contribution in [-0.4, -0.2) is 11.8 Å². The minimum atomic E-state index is -0.315. The fourth-order valence-corrected chi connectivity index (χ4v) is 2.40. The Morgan fingerprint density at radius 2 is 1.54 bits per heavy atom. The van der Waals surface area contributed by atoms with Crippen LogP contribution >= 0.6 is 0 Å². The van der Waals surface area contributed by atoms with Crippen LogP contribution in [0.4, 0.5) is 5.69 Å². The number of benzene rings is 2. The van der Waals surface area contributed by atoms with E-state index in [0.717, 1.165) is 25.7 Å². The van der Waals surface area contributed by atoms with Gasteiger partial charge in [-0.1, -0.05) is 62.2 Å². The Morgan fingerprint density at radius 3 is 2.17 bits per heavy atom. The standard InChI is InChI=1S/C21H23NO2/c1-2-3-4-5-12-17-20(23)22(19-15-10-7-11-16-19)21(24)18-13-8-6-9-14-18/h6-17H,2-5H2,1H3/b17-12+. The van der Waals surface area contributed by atoms with Crippen LogP contribution < -0.4 is 4.90 Å². The van der Waals surface area contributed by atoms with Crippen molar-refractivity contribution in [3.63, 3.8) is 0 Å². The van der Waals surface area contributed by atoms with Crippen LogP contribution in [0.5, 0.6) is 0 Å². The van der Waals surface area contributed by atoms with Gasteiger partial charge < -0.3 is 0 Å². The summed E-state index contributed by atoms with van der Waals surface area (Å²) in [6, 6.07) is 17.9. The molecule has 0 atom stereocenters. The van der Waals surface area contributed by atoms with Crippen molar-refractivity contribution in [3.8, 4) is 0 Å². The van der Waals surface area contributed by atoms with Crippen molar-refractivity contribution in [2.75, 3.05) is 4.90 Å². The van der Waals surface area contributed by atoms with Crippen molar-refractivity contribution in [2.45, 2.75) is 32.6 Å². The summed E-state index contributed by atoms with van der Waals surface area (Å²) < 4.78 is 0. The minimum absolute atomic E-state index is 0.313. The van der Waals surface area contributed by atoms with Gasteiger partial charge >= 0.3 is 0 Å². The molecule has 0 aromatic heterocycles. The van der Waals surface area contributed by atoms with Crippen molar-refractivity contribution in [3.05, 3.63) is 78.4 Å². The lowest BCUT2D eigenvalue weighted by atomic mass is 10.1. The number of hydrogen-bond donors (Lipinski definition) is 0. The zero-order chi connectivity index (χ0) is 17.2. The first-order valence-corrected chi connectivity index (χ1v) is 8.39. The van der Waals surface area contributed by atoms with Crippen LogP contribution in [0.25, 0.3) is 0 Å². The van der Waals surface area contributed by atoms with Gasteiger partial charge in [0.15, 0.2) is 0 Å². The average Bonchev–Trinajstić information content (AvgIpc) is 2.63. The molecular weight excluding hydrogens is 298 g/mol. The van der Waals surface area contributed by atoms with Crippen molar-refractivity contribution >= 4 is 17.5 Å². The Balaban J connectivity index is 2.21. The maximum atomic E-state index is 12.8. The molecule has 0 radical (unpaired) electrons. The molecule has 0 spiro atoms. The molecule has 0 aliphatic rings. The highest BCUT2D eigenvalue weighted by molar-refractivity contribution is 6.23. The van der Waals surface area contributed by atoms with Gasteiger partial charge in [0, 0.05) is 5.56 Å². The molecule has 0 N–H and O–H groups in total. The predicted octanol–water partition coefficient (Wildman–Crippen LogP) is 5.00. The second-order valence-corrected chi connectivity index (χ2v) is 5.58. The van der Waals surface area contributed by atoms with Crippen molar-refractivity contribution in [1.29, 1.82) is 0 Å². The van der Waals surface area contributed by atoms with Crippen LogP contribution in [0.3, 0.4) is 0 Å². The molecule has 0 aliphatic carbocycles. The maximum Gasteiger partial charge on any atom is 0.265 e. The summed E-state index contributed by atoms with van der Waals surface area (Å²) in [7, 11) is 0. The second kappa shape index (κ2) is 9.46. The number of amides is 2. The third kappa shape index (κ3) is 4.92. The molecule has 2 amide bonds. The number of carbonyl (C=O) groups excluding carboxylic acids is 2. The van der Waals surface area contributed by atoms with Crippen LogP contribution in [0.2, 0.25) is 0 Å². The molecule has 0 heterocycles. The SMILES string of the molecule is CCCCC/C=C/C(=O)N(C(=O)c1ccccc1)c1ccccc1. The molecule has 0 saturated heterocycles. The summed E-state index contributed by atoms with van der Waals surface area (Å²) in [5, 5.41) is 0. The highest BCUT2D eigenvalue weighted by Crippen LogP contribution is 2.18. The van der Waals surface area contributed by atoms with Crippen LogP contribution in [0.15, 0.2) is 72.8 Å². The van der Waals surface area contributed by atoms with E-state index in [0.29, 0.717) is 11.3 Å². The Bertz CT molecular complexity index is 677. The summed E-state index contributed by atoms with van der Waals surface area (Å²) in [6.45, 7) is 2.14. The summed E-state index contributed by atoms with van der Waals surface area (Å²) in [6.07, 6.45) is 7.55. The molecule has 2 rings (SSSR count). The molecule has 3 nitrogen and oxygen atoms in total. The van der Waals surface area contributed by atoms with Gasteiger partial charge in [-0.05, 0) is 43.2 Å². The van der Waals surface area contributed by atoms with E-state index in [9.17, 15) is 9.59 Å². The quantitative estimate of drug-likeness (QED) is 0.532. The van der Waals surface area contributed by atoms with E-state index in [1.165, 1.54) is 11.0 Å². The fraction of sp³-hybridized carbons (Fsp3) is 0.238. The lowest BCUT2D eigenvalue weighted by molar-refractivity contribution is -0.113. The zero-order valence-corrected chi connectivity index (χ0v) is 14.0. The van der Waals surface area contributed by atoms with E-state index in [4.69, 9.17) is 0 Å². The zero-order valence-electron chi connectivity index (χ0n) is 14.0. The molecule has 24 heavy (non-hydrogen) atoms. The number of unbranched alkanes of at least 4 members (excludes halogenated alkanes) is 3. The molecule has 0 bridgehead atoms. The predicted molar refractivity (Wildman–Crippen MR) is 98.0 cm³/mol. The molecule has 2 aromatic rings.